The quantitative estimate of drug-likeness (QED) is 0.598. The van der Waals surface area contributed by atoms with Gasteiger partial charge in [0.25, 0.3) is 5.56 Å². The number of fused-ring (bicyclic) bond motifs is 1. The summed E-state index contributed by atoms with van der Waals surface area (Å²) in [5.74, 6) is 0. The monoisotopic (exact) mass is 183 g/mol. The lowest BCUT2D eigenvalue weighted by atomic mass is 10.6. The first kappa shape index (κ1) is 8.67. The Labute approximate surface area is 74.3 Å². The summed E-state index contributed by atoms with van der Waals surface area (Å²) in [6.07, 6.45) is 6.15. The van der Waals surface area contributed by atoms with Crippen LogP contribution in [0.1, 0.15) is 0 Å². The molecule has 0 bridgehead atoms. The highest BCUT2D eigenvalue weighted by Gasteiger charge is 1.91. The molecular formula is C7H6ClN3O. The lowest BCUT2D eigenvalue weighted by Crippen LogP contribution is -2.12. The van der Waals surface area contributed by atoms with E-state index in [4.69, 9.17) is 0 Å². The Kier molecular flexibility index (Phi) is 2.40. The maximum Gasteiger partial charge on any atom is 0.257 e. The Balaban J connectivity index is 0.000000720. The second-order valence-corrected chi connectivity index (χ2v) is 2.09. The molecule has 0 aromatic carbocycles. The third kappa shape index (κ3) is 1.29. The van der Waals surface area contributed by atoms with Crippen LogP contribution in [0.4, 0.5) is 0 Å². The van der Waals surface area contributed by atoms with E-state index < -0.39 is 0 Å². The van der Waals surface area contributed by atoms with E-state index >= 15 is 0 Å². The molecule has 2 aromatic rings. The molecule has 0 saturated carbocycles. The molecule has 0 spiro atoms. The van der Waals surface area contributed by atoms with Crippen LogP contribution in [0.15, 0.2) is 35.6 Å². The first-order chi connectivity index (χ1) is 5.38. The van der Waals surface area contributed by atoms with Gasteiger partial charge >= 0.3 is 0 Å². The van der Waals surface area contributed by atoms with E-state index in [1.807, 2.05) is 0 Å². The van der Waals surface area contributed by atoms with Crippen molar-refractivity contribution in [1.82, 2.24) is 14.4 Å². The molecule has 0 aliphatic carbocycles. The molecule has 5 heteroatoms. The number of rotatable bonds is 0. The topological polar surface area (TPSA) is 47.3 Å². The molecule has 12 heavy (non-hydrogen) atoms. The van der Waals surface area contributed by atoms with E-state index in [1.54, 1.807) is 18.6 Å². The summed E-state index contributed by atoms with van der Waals surface area (Å²) in [6, 6.07) is 1.41. The maximum atomic E-state index is 11.1. The lowest BCUT2D eigenvalue weighted by Gasteiger charge is -1.94. The van der Waals surface area contributed by atoms with Crippen molar-refractivity contribution in [3.8, 4) is 0 Å². The second kappa shape index (κ2) is 3.32. The van der Waals surface area contributed by atoms with Crippen molar-refractivity contribution in [3.63, 3.8) is 0 Å². The van der Waals surface area contributed by atoms with Crippen LogP contribution in [0.2, 0.25) is 0 Å². The van der Waals surface area contributed by atoms with Gasteiger partial charge in [-0.25, -0.2) is 4.98 Å². The zero-order chi connectivity index (χ0) is 7.68. The van der Waals surface area contributed by atoms with Gasteiger partial charge in [0.05, 0.1) is 6.20 Å². The number of aromatic nitrogens is 3. The van der Waals surface area contributed by atoms with Crippen LogP contribution < -0.4 is 5.56 Å². The summed E-state index contributed by atoms with van der Waals surface area (Å²) < 4.78 is 1.44. The Hall–Kier alpha value is -1.42. The fourth-order valence-electron chi connectivity index (χ4n) is 0.893. The average Bonchev–Trinajstić information content (AvgIpc) is 2.06. The molecule has 0 aliphatic rings. The predicted molar refractivity (Wildman–Crippen MR) is 46.5 cm³/mol. The fourth-order valence-corrected chi connectivity index (χ4v) is 0.893. The molecule has 0 fully saturated rings. The Morgan fingerprint density at radius 3 is 2.92 bits per heavy atom. The zero-order valence-corrected chi connectivity index (χ0v) is 6.86. The van der Waals surface area contributed by atoms with Crippen LogP contribution >= 0.6 is 12.4 Å². The number of nitrogens with zero attached hydrogens (tertiary/aromatic N) is 3. The molecular weight excluding hydrogens is 178 g/mol. The largest absolute Gasteiger partial charge is 0.269 e. The van der Waals surface area contributed by atoms with Crippen LogP contribution in [0.5, 0.6) is 0 Å². The summed E-state index contributed by atoms with van der Waals surface area (Å²) in [5, 5.41) is 0. The SMILES string of the molecule is Cl.O=c1ccnc2cnccn12. The van der Waals surface area contributed by atoms with Crippen LogP contribution in [0.25, 0.3) is 5.65 Å². The normalized spacial score (nSPS) is 9.33. The maximum absolute atomic E-state index is 11.1. The summed E-state index contributed by atoms with van der Waals surface area (Å²) in [5.41, 5.74) is 0.484. The molecule has 2 aromatic heterocycles. The van der Waals surface area contributed by atoms with Gasteiger partial charge in [-0.2, -0.15) is 0 Å². The van der Waals surface area contributed by atoms with Crippen LogP contribution in [-0.4, -0.2) is 14.4 Å². The van der Waals surface area contributed by atoms with E-state index in [0.717, 1.165) is 0 Å². The standard InChI is InChI=1S/C7H5N3O.ClH/c11-7-1-2-9-6-5-8-3-4-10(6)7;/h1-5H;1H. The summed E-state index contributed by atoms with van der Waals surface area (Å²) in [4.78, 5) is 18.8. The van der Waals surface area contributed by atoms with E-state index in [-0.39, 0.29) is 18.0 Å². The van der Waals surface area contributed by atoms with Crippen LogP contribution in [-0.2, 0) is 0 Å². The van der Waals surface area contributed by atoms with Crippen molar-refractivity contribution in [2.24, 2.45) is 0 Å². The third-order valence-electron chi connectivity index (χ3n) is 1.40. The molecule has 62 valence electrons. The minimum atomic E-state index is -0.0857. The molecule has 0 atom stereocenters. The zero-order valence-electron chi connectivity index (χ0n) is 6.04. The predicted octanol–water partition coefficient (Wildman–Crippen LogP) is 0.511. The molecule has 0 aliphatic heterocycles. The van der Waals surface area contributed by atoms with Crippen molar-refractivity contribution in [2.75, 3.05) is 0 Å². The van der Waals surface area contributed by atoms with Gasteiger partial charge in [0.15, 0.2) is 5.65 Å². The van der Waals surface area contributed by atoms with Crippen molar-refractivity contribution >= 4 is 18.1 Å². The van der Waals surface area contributed by atoms with Crippen molar-refractivity contribution in [1.29, 1.82) is 0 Å². The molecule has 2 heterocycles. The number of hydrogen-bond donors (Lipinski definition) is 0. The lowest BCUT2D eigenvalue weighted by molar-refractivity contribution is 1.02. The van der Waals surface area contributed by atoms with Crippen molar-refractivity contribution in [2.45, 2.75) is 0 Å². The first-order valence-electron chi connectivity index (χ1n) is 3.15. The minimum absolute atomic E-state index is 0. The molecule has 0 N–H and O–H groups in total. The van der Waals surface area contributed by atoms with E-state index in [2.05, 4.69) is 9.97 Å². The Morgan fingerprint density at radius 2 is 2.17 bits per heavy atom. The number of hydrogen-bond acceptors (Lipinski definition) is 3. The first-order valence-corrected chi connectivity index (χ1v) is 3.15. The Morgan fingerprint density at radius 1 is 1.33 bits per heavy atom. The Bertz CT molecular complexity index is 434. The van der Waals surface area contributed by atoms with Gasteiger partial charge in [-0.1, -0.05) is 0 Å². The van der Waals surface area contributed by atoms with Crippen LogP contribution in [0, 0.1) is 0 Å². The fraction of sp³-hybridized carbons (Fsp3) is 0. The molecule has 0 amide bonds. The molecule has 0 unspecified atom stereocenters. The van der Waals surface area contributed by atoms with E-state index in [0.29, 0.717) is 5.65 Å². The molecule has 2 rings (SSSR count). The van der Waals surface area contributed by atoms with Crippen molar-refractivity contribution in [3.05, 3.63) is 41.2 Å². The highest BCUT2D eigenvalue weighted by molar-refractivity contribution is 5.85. The third-order valence-corrected chi connectivity index (χ3v) is 1.40. The summed E-state index contributed by atoms with van der Waals surface area (Å²) in [6.45, 7) is 0. The van der Waals surface area contributed by atoms with Gasteiger partial charge < -0.3 is 0 Å². The summed E-state index contributed by atoms with van der Waals surface area (Å²) >= 11 is 0. The smallest absolute Gasteiger partial charge is 0.257 e. The van der Waals surface area contributed by atoms with Gasteiger partial charge in [0, 0.05) is 24.7 Å². The van der Waals surface area contributed by atoms with Gasteiger partial charge in [-0.05, 0) is 0 Å². The average molecular weight is 184 g/mol. The molecule has 0 saturated heterocycles. The van der Waals surface area contributed by atoms with Crippen LogP contribution in [0.3, 0.4) is 0 Å². The highest BCUT2D eigenvalue weighted by Crippen LogP contribution is 1.88. The number of halogens is 1. The molecule has 0 radical (unpaired) electrons. The van der Waals surface area contributed by atoms with E-state index in [1.165, 1.54) is 16.7 Å². The van der Waals surface area contributed by atoms with Gasteiger partial charge in [-0.3, -0.25) is 14.2 Å². The van der Waals surface area contributed by atoms with Gasteiger partial charge in [0.1, 0.15) is 0 Å². The van der Waals surface area contributed by atoms with E-state index in [9.17, 15) is 4.79 Å². The highest BCUT2D eigenvalue weighted by atomic mass is 35.5. The van der Waals surface area contributed by atoms with Crippen molar-refractivity contribution < 1.29 is 0 Å². The second-order valence-electron chi connectivity index (χ2n) is 2.09. The van der Waals surface area contributed by atoms with Gasteiger partial charge in [-0.15, -0.1) is 12.4 Å². The minimum Gasteiger partial charge on any atom is -0.269 e. The summed E-state index contributed by atoms with van der Waals surface area (Å²) in [7, 11) is 0. The van der Waals surface area contributed by atoms with Gasteiger partial charge in [0.2, 0.25) is 0 Å². The molecule has 4 nitrogen and oxygen atoms in total.